The van der Waals surface area contributed by atoms with Crippen LogP contribution in [0.3, 0.4) is 0 Å². The summed E-state index contributed by atoms with van der Waals surface area (Å²) < 4.78 is 44.9. The smallest absolute Gasteiger partial charge is 0.378 e. The Morgan fingerprint density at radius 3 is 2.52 bits per heavy atom. The molecule has 1 aliphatic heterocycles. The van der Waals surface area contributed by atoms with Gasteiger partial charge in [-0.05, 0) is 30.7 Å². The highest BCUT2D eigenvalue weighted by Crippen LogP contribution is 2.36. The zero-order valence-corrected chi connectivity index (χ0v) is 13.6. The van der Waals surface area contributed by atoms with E-state index < -0.39 is 17.8 Å². The van der Waals surface area contributed by atoms with E-state index in [-0.39, 0.29) is 16.5 Å². The van der Waals surface area contributed by atoms with Gasteiger partial charge < -0.3 is 15.4 Å². The lowest BCUT2D eigenvalue weighted by atomic mass is 9.97. The van der Waals surface area contributed by atoms with Crippen LogP contribution >= 0.6 is 0 Å². The lowest BCUT2D eigenvalue weighted by Crippen LogP contribution is -2.36. The topological polar surface area (TPSA) is 75.2 Å². The van der Waals surface area contributed by atoms with E-state index >= 15 is 0 Å². The van der Waals surface area contributed by atoms with Crippen molar-refractivity contribution in [3.8, 4) is 6.07 Å². The molecule has 0 aliphatic carbocycles. The van der Waals surface area contributed by atoms with E-state index in [1.54, 1.807) is 6.92 Å². The molecule has 0 amide bonds. The van der Waals surface area contributed by atoms with Gasteiger partial charge in [-0.2, -0.15) is 18.4 Å². The van der Waals surface area contributed by atoms with Crippen LogP contribution in [-0.2, 0) is 10.9 Å². The number of hydrogen-bond donors (Lipinski definition) is 1. The van der Waals surface area contributed by atoms with Gasteiger partial charge in [0.25, 0.3) is 0 Å². The SMILES string of the molecule is CC(N)c1cc(C(F)(F)F)cc2c(C#N)cc(N3CCOCC3)nc12. The zero-order chi connectivity index (χ0) is 18.2. The lowest BCUT2D eigenvalue weighted by Gasteiger charge is -2.28. The van der Waals surface area contributed by atoms with Crippen LogP contribution in [0.1, 0.15) is 29.7 Å². The van der Waals surface area contributed by atoms with Gasteiger partial charge in [0.1, 0.15) is 5.82 Å². The van der Waals surface area contributed by atoms with Crippen molar-refractivity contribution in [1.82, 2.24) is 4.98 Å². The fourth-order valence-electron chi connectivity index (χ4n) is 2.90. The highest BCUT2D eigenvalue weighted by Gasteiger charge is 2.32. The van der Waals surface area contributed by atoms with Crippen LogP contribution in [0.15, 0.2) is 18.2 Å². The maximum atomic E-state index is 13.2. The number of ether oxygens (including phenoxy) is 1. The Morgan fingerprint density at radius 1 is 1.28 bits per heavy atom. The van der Waals surface area contributed by atoms with Crippen molar-refractivity contribution in [2.75, 3.05) is 31.2 Å². The normalized spacial score (nSPS) is 16.7. The predicted octanol–water partition coefficient (Wildman–Crippen LogP) is 2.98. The molecule has 0 bridgehead atoms. The minimum Gasteiger partial charge on any atom is -0.378 e. The van der Waals surface area contributed by atoms with Crippen molar-refractivity contribution >= 4 is 16.7 Å². The molecule has 1 aromatic heterocycles. The molecule has 132 valence electrons. The zero-order valence-electron chi connectivity index (χ0n) is 13.6. The van der Waals surface area contributed by atoms with Crippen LogP contribution < -0.4 is 10.6 Å². The molecule has 25 heavy (non-hydrogen) atoms. The van der Waals surface area contributed by atoms with Gasteiger partial charge in [-0.25, -0.2) is 4.98 Å². The predicted molar refractivity (Wildman–Crippen MR) is 87.1 cm³/mol. The number of pyridine rings is 1. The molecule has 1 saturated heterocycles. The number of rotatable bonds is 2. The molecule has 2 heterocycles. The van der Waals surface area contributed by atoms with E-state index in [1.165, 1.54) is 6.07 Å². The number of aromatic nitrogens is 1. The second-order valence-electron chi connectivity index (χ2n) is 5.99. The first-order valence-electron chi connectivity index (χ1n) is 7.85. The van der Waals surface area contributed by atoms with Crippen molar-refractivity contribution in [1.29, 1.82) is 5.26 Å². The van der Waals surface area contributed by atoms with Crippen LogP contribution in [-0.4, -0.2) is 31.3 Å². The number of fused-ring (bicyclic) bond motifs is 1. The number of benzene rings is 1. The Morgan fingerprint density at radius 2 is 1.96 bits per heavy atom. The standard InChI is InChI=1S/C17H17F3N4O/c1-10(22)13-7-12(17(18,19)20)8-14-11(9-21)6-15(23-16(13)14)24-2-4-25-5-3-24/h6-8,10H,2-5,22H2,1H3. The summed E-state index contributed by atoms with van der Waals surface area (Å²) in [5.74, 6) is 0.550. The third kappa shape index (κ3) is 3.38. The Hall–Kier alpha value is -2.37. The van der Waals surface area contributed by atoms with E-state index in [1.807, 2.05) is 11.0 Å². The summed E-state index contributed by atoms with van der Waals surface area (Å²) in [4.78, 5) is 6.47. The molecular weight excluding hydrogens is 333 g/mol. The van der Waals surface area contributed by atoms with Crippen LogP contribution in [0.2, 0.25) is 0 Å². The quantitative estimate of drug-likeness (QED) is 0.901. The molecular formula is C17H17F3N4O. The largest absolute Gasteiger partial charge is 0.416 e. The van der Waals surface area contributed by atoms with Gasteiger partial charge in [-0.15, -0.1) is 0 Å². The number of nitriles is 1. The number of halogens is 3. The summed E-state index contributed by atoms with van der Waals surface area (Å²) in [7, 11) is 0. The average molecular weight is 350 g/mol. The minimum atomic E-state index is -4.52. The van der Waals surface area contributed by atoms with Crippen molar-refractivity contribution in [2.45, 2.75) is 19.1 Å². The molecule has 1 fully saturated rings. The van der Waals surface area contributed by atoms with Crippen LogP contribution in [0, 0.1) is 11.3 Å². The number of nitrogens with zero attached hydrogens (tertiary/aromatic N) is 3. The first-order chi connectivity index (χ1) is 11.8. The van der Waals surface area contributed by atoms with Crippen LogP contribution in [0.4, 0.5) is 19.0 Å². The van der Waals surface area contributed by atoms with E-state index in [2.05, 4.69) is 4.98 Å². The second-order valence-corrected chi connectivity index (χ2v) is 5.99. The number of nitrogens with two attached hydrogens (primary N) is 1. The molecule has 1 unspecified atom stereocenters. The summed E-state index contributed by atoms with van der Waals surface area (Å²) >= 11 is 0. The molecule has 0 radical (unpaired) electrons. The van der Waals surface area contributed by atoms with Gasteiger partial charge in [-0.3, -0.25) is 0 Å². The van der Waals surface area contributed by atoms with Crippen LogP contribution in [0.5, 0.6) is 0 Å². The number of anilines is 1. The molecule has 2 N–H and O–H groups in total. The Labute approximate surface area is 142 Å². The monoisotopic (exact) mass is 350 g/mol. The Bertz CT molecular complexity index is 836. The highest BCUT2D eigenvalue weighted by molar-refractivity contribution is 5.90. The number of alkyl halides is 3. The molecule has 1 aliphatic rings. The maximum Gasteiger partial charge on any atom is 0.416 e. The molecule has 1 atom stereocenters. The van der Waals surface area contributed by atoms with E-state index in [9.17, 15) is 18.4 Å². The van der Waals surface area contributed by atoms with E-state index in [0.29, 0.717) is 37.6 Å². The third-order valence-corrected chi connectivity index (χ3v) is 4.20. The Kier molecular flexibility index (Phi) is 4.54. The third-order valence-electron chi connectivity index (χ3n) is 4.20. The van der Waals surface area contributed by atoms with E-state index in [4.69, 9.17) is 10.5 Å². The highest BCUT2D eigenvalue weighted by atomic mass is 19.4. The number of hydrogen-bond acceptors (Lipinski definition) is 5. The average Bonchev–Trinajstić information content (AvgIpc) is 2.59. The van der Waals surface area contributed by atoms with Crippen molar-refractivity contribution < 1.29 is 17.9 Å². The molecule has 0 saturated carbocycles. The van der Waals surface area contributed by atoms with Crippen molar-refractivity contribution in [2.24, 2.45) is 5.73 Å². The second kappa shape index (κ2) is 6.50. The first kappa shape index (κ1) is 17.5. The molecule has 1 aromatic carbocycles. The summed E-state index contributed by atoms with van der Waals surface area (Å²) in [5, 5.41) is 9.62. The van der Waals surface area contributed by atoms with Gasteiger partial charge in [-0.1, -0.05) is 0 Å². The van der Waals surface area contributed by atoms with Gasteiger partial charge in [0.05, 0.1) is 35.9 Å². The molecule has 0 spiro atoms. The molecule has 3 rings (SSSR count). The maximum absolute atomic E-state index is 13.2. The first-order valence-corrected chi connectivity index (χ1v) is 7.85. The van der Waals surface area contributed by atoms with Gasteiger partial charge >= 0.3 is 6.18 Å². The molecule has 5 nitrogen and oxygen atoms in total. The van der Waals surface area contributed by atoms with E-state index in [0.717, 1.165) is 12.1 Å². The van der Waals surface area contributed by atoms with Gasteiger partial charge in [0, 0.05) is 24.5 Å². The minimum absolute atomic E-state index is 0.152. The number of morpholine rings is 1. The van der Waals surface area contributed by atoms with Gasteiger partial charge in [0.15, 0.2) is 0 Å². The molecule has 2 aromatic rings. The summed E-state index contributed by atoms with van der Waals surface area (Å²) in [6.45, 7) is 3.89. The summed E-state index contributed by atoms with van der Waals surface area (Å²) in [6.07, 6.45) is -4.52. The van der Waals surface area contributed by atoms with Crippen molar-refractivity contribution in [3.05, 3.63) is 34.9 Å². The fraction of sp³-hybridized carbons (Fsp3) is 0.412. The molecule has 8 heteroatoms. The fourth-order valence-corrected chi connectivity index (χ4v) is 2.90. The lowest BCUT2D eigenvalue weighted by molar-refractivity contribution is -0.137. The van der Waals surface area contributed by atoms with Gasteiger partial charge in [0.2, 0.25) is 0 Å². The van der Waals surface area contributed by atoms with Crippen LogP contribution in [0.25, 0.3) is 10.9 Å². The van der Waals surface area contributed by atoms with Crippen molar-refractivity contribution in [3.63, 3.8) is 0 Å². The summed E-state index contributed by atoms with van der Waals surface area (Å²) in [6, 6.07) is 4.85. The Balaban J connectivity index is 2.26. The summed E-state index contributed by atoms with van der Waals surface area (Å²) in [5.41, 5.74) is 5.82.